The summed E-state index contributed by atoms with van der Waals surface area (Å²) in [4.78, 5) is 4.83. The van der Waals surface area contributed by atoms with Gasteiger partial charge >= 0.3 is 0 Å². The molecule has 1 N–H and O–H groups in total. The first kappa shape index (κ1) is 20.2. The van der Waals surface area contributed by atoms with Crippen molar-refractivity contribution in [1.82, 2.24) is 9.80 Å². The van der Waals surface area contributed by atoms with Crippen LogP contribution in [0.15, 0.2) is 24.3 Å². The number of aliphatic hydroxyl groups excluding tert-OH is 1. The van der Waals surface area contributed by atoms with E-state index in [1.165, 1.54) is 37.7 Å². The van der Waals surface area contributed by atoms with Crippen LogP contribution in [0.3, 0.4) is 0 Å². The van der Waals surface area contributed by atoms with E-state index in [-0.39, 0.29) is 6.61 Å². The van der Waals surface area contributed by atoms with E-state index in [1.54, 1.807) is 0 Å². The zero-order chi connectivity index (χ0) is 17.9. The maximum Gasteiger partial charge on any atom is 0.119 e. The van der Waals surface area contributed by atoms with Crippen molar-refractivity contribution in [3.8, 4) is 5.75 Å². The summed E-state index contributed by atoms with van der Waals surface area (Å²) >= 11 is 0. The minimum absolute atomic E-state index is 0.222. The topological polar surface area (TPSA) is 35.9 Å². The Morgan fingerprint density at radius 3 is 2.72 bits per heavy atom. The molecule has 25 heavy (non-hydrogen) atoms. The van der Waals surface area contributed by atoms with Gasteiger partial charge in [-0.05, 0) is 57.1 Å². The summed E-state index contributed by atoms with van der Waals surface area (Å²) < 4.78 is 5.92. The van der Waals surface area contributed by atoms with Crippen LogP contribution in [0.1, 0.15) is 51.0 Å². The predicted molar refractivity (Wildman–Crippen MR) is 104 cm³/mol. The summed E-state index contributed by atoms with van der Waals surface area (Å²) in [6.45, 7) is 7.19. The van der Waals surface area contributed by atoms with E-state index in [0.29, 0.717) is 6.04 Å². The van der Waals surface area contributed by atoms with Gasteiger partial charge in [-0.25, -0.2) is 0 Å². The molecule has 1 aliphatic heterocycles. The van der Waals surface area contributed by atoms with Gasteiger partial charge in [0.05, 0.1) is 13.2 Å². The van der Waals surface area contributed by atoms with Crippen molar-refractivity contribution >= 4 is 0 Å². The van der Waals surface area contributed by atoms with Crippen molar-refractivity contribution in [3.63, 3.8) is 0 Å². The standard InChI is InChI=1S/C21H36N2O2/c1-3-4-5-6-16-25-21-9-7-8-19(17-21)18-23(14-15-24)20-10-12-22(2)13-11-20/h7-9,17,20,24H,3-6,10-16,18H2,1-2H3. The van der Waals surface area contributed by atoms with Gasteiger partial charge in [0.25, 0.3) is 0 Å². The average Bonchev–Trinajstić information content (AvgIpc) is 2.62. The first-order valence-electron chi connectivity index (χ1n) is 9.98. The zero-order valence-electron chi connectivity index (χ0n) is 16.1. The Bertz CT molecular complexity index is 473. The Hall–Kier alpha value is -1.10. The molecular weight excluding hydrogens is 312 g/mol. The molecule has 0 aliphatic carbocycles. The van der Waals surface area contributed by atoms with E-state index in [2.05, 4.69) is 48.0 Å². The van der Waals surface area contributed by atoms with Gasteiger partial charge < -0.3 is 14.7 Å². The minimum atomic E-state index is 0.222. The van der Waals surface area contributed by atoms with Crippen LogP contribution in [0.5, 0.6) is 5.75 Å². The lowest BCUT2D eigenvalue weighted by Gasteiger charge is -2.37. The number of likely N-dealkylation sites (tertiary alicyclic amines) is 1. The molecule has 1 aromatic rings. The van der Waals surface area contributed by atoms with Crippen molar-refractivity contribution in [2.24, 2.45) is 0 Å². The number of aliphatic hydroxyl groups is 1. The molecule has 0 unspecified atom stereocenters. The number of benzene rings is 1. The minimum Gasteiger partial charge on any atom is -0.494 e. The highest BCUT2D eigenvalue weighted by molar-refractivity contribution is 5.28. The maximum atomic E-state index is 9.46. The lowest BCUT2D eigenvalue weighted by molar-refractivity contribution is 0.0940. The number of piperidine rings is 1. The second-order valence-electron chi connectivity index (χ2n) is 7.29. The van der Waals surface area contributed by atoms with Crippen LogP contribution in [0, 0.1) is 0 Å². The largest absolute Gasteiger partial charge is 0.494 e. The van der Waals surface area contributed by atoms with E-state index in [0.717, 1.165) is 45.0 Å². The van der Waals surface area contributed by atoms with Gasteiger partial charge in [0.15, 0.2) is 0 Å². The molecule has 0 amide bonds. The van der Waals surface area contributed by atoms with Gasteiger partial charge in [0, 0.05) is 19.1 Å². The highest BCUT2D eigenvalue weighted by atomic mass is 16.5. The van der Waals surface area contributed by atoms with Crippen molar-refractivity contribution in [3.05, 3.63) is 29.8 Å². The first-order chi connectivity index (χ1) is 12.2. The molecule has 4 heteroatoms. The van der Waals surface area contributed by atoms with Gasteiger partial charge in [0.2, 0.25) is 0 Å². The van der Waals surface area contributed by atoms with E-state index < -0.39 is 0 Å². The molecule has 0 aromatic heterocycles. The van der Waals surface area contributed by atoms with Crippen LogP contribution in [0.25, 0.3) is 0 Å². The van der Waals surface area contributed by atoms with Crippen LogP contribution in [0.4, 0.5) is 0 Å². The monoisotopic (exact) mass is 348 g/mol. The third kappa shape index (κ3) is 7.35. The van der Waals surface area contributed by atoms with E-state index in [1.807, 2.05) is 0 Å². The fourth-order valence-corrected chi connectivity index (χ4v) is 3.57. The van der Waals surface area contributed by atoms with Crippen LogP contribution in [-0.2, 0) is 6.54 Å². The van der Waals surface area contributed by atoms with Gasteiger partial charge in [-0.1, -0.05) is 38.3 Å². The third-order valence-electron chi connectivity index (χ3n) is 5.14. The number of unbranched alkanes of at least 4 members (excludes halogenated alkanes) is 3. The predicted octanol–water partition coefficient (Wildman–Crippen LogP) is 3.53. The molecule has 4 nitrogen and oxygen atoms in total. The lowest BCUT2D eigenvalue weighted by Crippen LogP contribution is -2.44. The van der Waals surface area contributed by atoms with E-state index in [9.17, 15) is 5.11 Å². The van der Waals surface area contributed by atoms with Crippen molar-refractivity contribution in [1.29, 1.82) is 0 Å². The molecule has 1 aromatic carbocycles. The third-order valence-corrected chi connectivity index (χ3v) is 5.14. The molecule has 0 radical (unpaired) electrons. The second kappa shape index (κ2) is 11.5. The van der Waals surface area contributed by atoms with Crippen LogP contribution < -0.4 is 4.74 Å². The molecule has 1 fully saturated rings. The molecule has 2 rings (SSSR count). The van der Waals surface area contributed by atoms with Gasteiger partial charge in [-0.15, -0.1) is 0 Å². The van der Waals surface area contributed by atoms with Crippen molar-refractivity contribution < 1.29 is 9.84 Å². The number of ether oxygens (including phenoxy) is 1. The Labute approximate surface area is 153 Å². The Morgan fingerprint density at radius 2 is 2.00 bits per heavy atom. The molecule has 0 saturated carbocycles. The van der Waals surface area contributed by atoms with E-state index >= 15 is 0 Å². The quantitative estimate of drug-likeness (QED) is 0.621. The van der Waals surface area contributed by atoms with Crippen LogP contribution in [-0.4, -0.2) is 60.8 Å². The second-order valence-corrected chi connectivity index (χ2v) is 7.29. The van der Waals surface area contributed by atoms with Crippen molar-refractivity contribution in [2.45, 2.75) is 58.0 Å². The normalized spacial score (nSPS) is 16.5. The number of hydrogen-bond acceptors (Lipinski definition) is 4. The van der Waals surface area contributed by atoms with Crippen LogP contribution in [0.2, 0.25) is 0 Å². The zero-order valence-corrected chi connectivity index (χ0v) is 16.1. The molecule has 1 saturated heterocycles. The summed E-state index contributed by atoms with van der Waals surface area (Å²) in [6, 6.07) is 9.04. The molecule has 0 atom stereocenters. The molecule has 142 valence electrons. The molecular formula is C21H36N2O2. The number of nitrogens with zero attached hydrogens (tertiary/aromatic N) is 2. The number of rotatable bonds is 11. The summed E-state index contributed by atoms with van der Waals surface area (Å²) in [7, 11) is 2.19. The Morgan fingerprint density at radius 1 is 1.20 bits per heavy atom. The molecule has 0 bridgehead atoms. The fourth-order valence-electron chi connectivity index (χ4n) is 3.57. The summed E-state index contributed by atoms with van der Waals surface area (Å²) in [5.41, 5.74) is 1.28. The Balaban J connectivity index is 1.86. The fraction of sp³-hybridized carbons (Fsp3) is 0.714. The van der Waals surface area contributed by atoms with E-state index in [4.69, 9.17) is 4.74 Å². The molecule has 1 heterocycles. The summed E-state index contributed by atoms with van der Waals surface area (Å²) in [6.07, 6.45) is 7.29. The summed E-state index contributed by atoms with van der Waals surface area (Å²) in [5.74, 6) is 0.973. The highest BCUT2D eigenvalue weighted by Gasteiger charge is 2.22. The SMILES string of the molecule is CCCCCCOc1cccc(CN(CCO)C2CCN(C)CC2)c1. The molecule has 0 spiro atoms. The highest BCUT2D eigenvalue weighted by Crippen LogP contribution is 2.20. The van der Waals surface area contributed by atoms with Crippen molar-refractivity contribution in [2.75, 3.05) is 39.9 Å². The van der Waals surface area contributed by atoms with Gasteiger partial charge in [-0.2, -0.15) is 0 Å². The average molecular weight is 349 g/mol. The lowest BCUT2D eigenvalue weighted by atomic mass is 10.0. The first-order valence-corrected chi connectivity index (χ1v) is 9.98. The maximum absolute atomic E-state index is 9.46. The smallest absolute Gasteiger partial charge is 0.119 e. The Kier molecular flexibility index (Phi) is 9.30. The summed E-state index contributed by atoms with van der Waals surface area (Å²) in [5, 5.41) is 9.46. The van der Waals surface area contributed by atoms with Gasteiger partial charge in [0.1, 0.15) is 5.75 Å². The van der Waals surface area contributed by atoms with Crippen LogP contribution >= 0.6 is 0 Å². The number of hydrogen-bond donors (Lipinski definition) is 1. The van der Waals surface area contributed by atoms with Gasteiger partial charge in [-0.3, -0.25) is 4.90 Å². The molecule has 1 aliphatic rings.